The number of para-hydroxylation sites is 1. The molecule has 0 unspecified atom stereocenters. The molecule has 0 spiro atoms. The lowest BCUT2D eigenvalue weighted by Gasteiger charge is -2.11. The summed E-state index contributed by atoms with van der Waals surface area (Å²) in [7, 11) is 0. The molecule has 0 amide bonds. The number of nitrogens with two attached hydrogens (primary N) is 1. The van der Waals surface area contributed by atoms with E-state index in [4.69, 9.17) is 5.73 Å². The van der Waals surface area contributed by atoms with Crippen molar-refractivity contribution in [2.24, 2.45) is 0 Å². The van der Waals surface area contributed by atoms with E-state index in [1.807, 2.05) is 30.3 Å². The lowest BCUT2D eigenvalue weighted by atomic mass is 10.2. The minimum Gasteiger partial charge on any atom is -0.399 e. The molecule has 8 nitrogen and oxygen atoms in total. The average Bonchev–Trinajstić information content (AvgIpc) is 3.47. The summed E-state index contributed by atoms with van der Waals surface area (Å²) in [6.45, 7) is 0. The molecule has 0 atom stereocenters. The van der Waals surface area contributed by atoms with E-state index < -0.39 is 0 Å². The molecule has 0 radical (unpaired) electrons. The fraction of sp³-hybridized carbons (Fsp3) is 0.143. The maximum absolute atomic E-state index is 13.2. The van der Waals surface area contributed by atoms with Gasteiger partial charge in [-0.2, -0.15) is 10.1 Å². The van der Waals surface area contributed by atoms with Crippen LogP contribution >= 0.6 is 0 Å². The Hall–Kier alpha value is -3.94. The van der Waals surface area contributed by atoms with E-state index in [0.717, 1.165) is 16.6 Å². The van der Waals surface area contributed by atoms with Gasteiger partial charge in [0.2, 0.25) is 5.78 Å². The van der Waals surface area contributed by atoms with Gasteiger partial charge in [-0.15, -0.1) is 0 Å². The van der Waals surface area contributed by atoms with Crippen LogP contribution in [0.3, 0.4) is 0 Å². The molecule has 5 aromatic rings. The van der Waals surface area contributed by atoms with Crippen LogP contribution in [0.25, 0.3) is 27.6 Å². The second-order valence-electron chi connectivity index (χ2n) is 7.41. The van der Waals surface area contributed by atoms with Crippen LogP contribution in [0.5, 0.6) is 0 Å². The van der Waals surface area contributed by atoms with Gasteiger partial charge in [-0.3, -0.25) is 9.89 Å². The average molecular weight is 383 g/mol. The summed E-state index contributed by atoms with van der Waals surface area (Å²) in [5.41, 5.74) is 8.65. The summed E-state index contributed by atoms with van der Waals surface area (Å²) >= 11 is 0. The van der Waals surface area contributed by atoms with Crippen LogP contribution in [0.2, 0.25) is 0 Å². The van der Waals surface area contributed by atoms with Crippen LogP contribution in [0.4, 0.5) is 17.3 Å². The number of nitrogens with zero attached hydrogens (tertiary/aromatic N) is 4. The van der Waals surface area contributed by atoms with Crippen LogP contribution in [0.15, 0.2) is 53.3 Å². The summed E-state index contributed by atoms with van der Waals surface area (Å²) in [5.74, 6) is 2.19. The van der Waals surface area contributed by atoms with E-state index in [-0.39, 0.29) is 5.56 Å². The Morgan fingerprint density at radius 2 is 1.93 bits per heavy atom. The van der Waals surface area contributed by atoms with E-state index in [2.05, 4.69) is 25.5 Å². The van der Waals surface area contributed by atoms with Crippen LogP contribution in [0.1, 0.15) is 24.5 Å². The SMILES string of the molecule is Nc1ccc2c(=O)n3c(nc(Nc4cc(C5CC5)[nH]n4)c4ccccc43)nc2c1. The van der Waals surface area contributed by atoms with E-state index in [9.17, 15) is 4.79 Å². The molecular weight excluding hydrogens is 366 g/mol. The van der Waals surface area contributed by atoms with E-state index in [1.165, 1.54) is 12.8 Å². The summed E-state index contributed by atoms with van der Waals surface area (Å²) in [6, 6.07) is 14.7. The van der Waals surface area contributed by atoms with Crippen molar-refractivity contribution in [3.63, 3.8) is 0 Å². The van der Waals surface area contributed by atoms with Crippen molar-refractivity contribution in [2.45, 2.75) is 18.8 Å². The fourth-order valence-electron chi connectivity index (χ4n) is 3.73. The van der Waals surface area contributed by atoms with Gasteiger partial charge in [0.05, 0.1) is 16.4 Å². The Kier molecular flexibility index (Phi) is 3.20. The molecular formula is C21H17N7O. The van der Waals surface area contributed by atoms with Crippen LogP contribution in [0, 0.1) is 0 Å². The van der Waals surface area contributed by atoms with E-state index in [1.54, 1.807) is 22.6 Å². The topological polar surface area (TPSA) is 114 Å². The number of anilines is 3. The maximum Gasteiger partial charge on any atom is 0.267 e. The third-order valence-electron chi connectivity index (χ3n) is 5.35. The second kappa shape index (κ2) is 5.78. The molecule has 1 aliphatic carbocycles. The molecule has 0 aliphatic heterocycles. The molecule has 1 saturated carbocycles. The highest BCUT2D eigenvalue weighted by molar-refractivity contribution is 5.94. The molecule has 0 bridgehead atoms. The summed E-state index contributed by atoms with van der Waals surface area (Å²) in [5, 5.41) is 12.1. The Labute approximate surface area is 164 Å². The first-order valence-electron chi connectivity index (χ1n) is 9.50. The highest BCUT2D eigenvalue weighted by Crippen LogP contribution is 2.39. The first-order chi connectivity index (χ1) is 14.2. The Bertz CT molecular complexity index is 1480. The number of aromatic amines is 1. The van der Waals surface area contributed by atoms with Crippen molar-refractivity contribution in [1.82, 2.24) is 24.6 Å². The first kappa shape index (κ1) is 16.1. The maximum atomic E-state index is 13.2. The molecule has 0 saturated heterocycles. The van der Waals surface area contributed by atoms with Gasteiger partial charge in [0, 0.05) is 28.8 Å². The van der Waals surface area contributed by atoms with Gasteiger partial charge in [-0.05, 0) is 43.2 Å². The molecule has 6 rings (SSSR count). The fourth-order valence-corrected chi connectivity index (χ4v) is 3.73. The molecule has 1 fully saturated rings. The largest absolute Gasteiger partial charge is 0.399 e. The zero-order chi connectivity index (χ0) is 19.5. The summed E-state index contributed by atoms with van der Waals surface area (Å²) in [4.78, 5) is 22.4. The lowest BCUT2D eigenvalue weighted by molar-refractivity contribution is 0.966. The van der Waals surface area contributed by atoms with Crippen molar-refractivity contribution in [3.8, 4) is 0 Å². The minimum atomic E-state index is -0.170. The van der Waals surface area contributed by atoms with E-state index in [0.29, 0.717) is 39.9 Å². The molecule has 8 heteroatoms. The van der Waals surface area contributed by atoms with Crippen LogP contribution in [-0.2, 0) is 0 Å². The number of fused-ring (bicyclic) bond motifs is 4. The molecule has 1 aliphatic rings. The van der Waals surface area contributed by atoms with Gasteiger partial charge in [0.15, 0.2) is 5.82 Å². The molecule has 4 N–H and O–H groups in total. The Balaban J connectivity index is 1.61. The third kappa shape index (κ3) is 2.53. The number of nitrogens with one attached hydrogen (secondary N) is 2. The van der Waals surface area contributed by atoms with Gasteiger partial charge >= 0.3 is 0 Å². The Morgan fingerprint density at radius 3 is 2.79 bits per heavy atom. The summed E-state index contributed by atoms with van der Waals surface area (Å²) < 4.78 is 1.54. The summed E-state index contributed by atoms with van der Waals surface area (Å²) in [6.07, 6.45) is 2.39. The number of rotatable bonds is 3. The highest BCUT2D eigenvalue weighted by atomic mass is 16.1. The zero-order valence-electron chi connectivity index (χ0n) is 15.4. The van der Waals surface area contributed by atoms with Crippen molar-refractivity contribution >= 4 is 44.9 Å². The number of benzene rings is 2. The number of nitrogen functional groups attached to an aromatic ring is 1. The zero-order valence-corrected chi connectivity index (χ0v) is 15.4. The first-order valence-corrected chi connectivity index (χ1v) is 9.50. The van der Waals surface area contributed by atoms with E-state index >= 15 is 0 Å². The van der Waals surface area contributed by atoms with Crippen LogP contribution in [-0.4, -0.2) is 24.6 Å². The number of aromatic nitrogens is 5. The molecule has 29 heavy (non-hydrogen) atoms. The third-order valence-corrected chi connectivity index (χ3v) is 5.35. The van der Waals surface area contributed by atoms with Crippen molar-refractivity contribution in [3.05, 3.63) is 64.6 Å². The quantitative estimate of drug-likeness (QED) is 0.250. The highest BCUT2D eigenvalue weighted by Gasteiger charge is 2.25. The second-order valence-corrected chi connectivity index (χ2v) is 7.41. The monoisotopic (exact) mass is 383 g/mol. The molecule has 3 aromatic heterocycles. The lowest BCUT2D eigenvalue weighted by Crippen LogP contribution is -2.18. The van der Waals surface area contributed by atoms with Gasteiger partial charge < -0.3 is 11.1 Å². The number of H-pyrrole nitrogens is 1. The van der Waals surface area contributed by atoms with Crippen LogP contribution < -0.4 is 16.6 Å². The molecule has 3 heterocycles. The predicted octanol–water partition coefficient (Wildman–Crippen LogP) is 3.32. The van der Waals surface area contributed by atoms with Crippen molar-refractivity contribution < 1.29 is 0 Å². The minimum absolute atomic E-state index is 0.170. The van der Waals surface area contributed by atoms with Gasteiger partial charge in [0.25, 0.3) is 5.56 Å². The van der Waals surface area contributed by atoms with Gasteiger partial charge in [0.1, 0.15) is 5.82 Å². The number of hydrogen-bond acceptors (Lipinski definition) is 6. The van der Waals surface area contributed by atoms with Gasteiger partial charge in [-0.1, -0.05) is 12.1 Å². The van der Waals surface area contributed by atoms with Crippen molar-refractivity contribution in [1.29, 1.82) is 0 Å². The number of hydrogen-bond donors (Lipinski definition) is 3. The normalized spacial score (nSPS) is 14.1. The van der Waals surface area contributed by atoms with Gasteiger partial charge in [-0.25, -0.2) is 9.38 Å². The smallest absolute Gasteiger partial charge is 0.267 e. The molecule has 142 valence electrons. The Morgan fingerprint density at radius 1 is 1.07 bits per heavy atom. The predicted molar refractivity (Wildman–Crippen MR) is 113 cm³/mol. The molecule has 2 aromatic carbocycles. The van der Waals surface area contributed by atoms with Crippen molar-refractivity contribution in [2.75, 3.05) is 11.1 Å². The standard InChI is InChI=1S/C21H17N7O/c22-12-7-8-13-16(9-12)23-21-25-19(24-18-10-15(26-27-18)11-5-6-11)14-3-1-2-4-17(14)28(21)20(13)29/h1-4,7-11H,5-6,22H2,(H2,23,24,25,26,27).